The monoisotopic (exact) mass is 555 g/mol. The third kappa shape index (κ3) is 4.97. The standard InChI is InChI=1S/C31H27F2N5O3/c1-2-19-12-9-17-38-31(41-19)24(27(37-38)20-13-6-7-15-22(20)32)29(39)36-28-30(40)35-26-21(14-8-16-23(26)33)25(34-28)18-10-4-3-5-11-18/h3-8,10-11,13-16,19,28H,2,9,12,17H2,1H3,(H,35,40)(H,36,39)/t19-,28+/m0/s1. The lowest BCUT2D eigenvalue weighted by Gasteiger charge is -2.17. The van der Waals surface area contributed by atoms with Crippen LogP contribution in [0, 0.1) is 11.6 Å². The van der Waals surface area contributed by atoms with Crippen LogP contribution in [-0.2, 0) is 11.3 Å². The summed E-state index contributed by atoms with van der Waals surface area (Å²) in [5.74, 6) is -2.42. The normalized spacial score (nSPS) is 18.1. The first kappa shape index (κ1) is 26.4. The lowest BCUT2D eigenvalue weighted by Crippen LogP contribution is -2.42. The van der Waals surface area contributed by atoms with Crippen LogP contribution in [0.2, 0.25) is 0 Å². The number of nitrogens with one attached hydrogen (secondary N) is 2. The van der Waals surface area contributed by atoms with E-state index in [0.717, 1.165) is 12.8 Å². The van der Waals surface area contributed by atoms with Crippen molar-refractivity contribution in [1.82, 2.24) is 15.1 Å². The van der Waals surface area contributed by atoms with E-state index in [1.54, 1.807) is 47.1 Å². The number of carbonyl (C=O) groups is 2. The maximum atomic E-state index is 15.0. The molecule has 3 aromatic carbocycles. The Morgan fingerprint density at radius 2 is 1.76 bits per heavy atom. The SMILES string of the molecule is CC[C@H]1CCCn2nc(-c3ccccc3F)c(C(=O)N[C@H]3N=C(c4ccccc4)c4cccc(F)c4NC3=O)c2O1. The van der Waals surface area contributed by atoms with Crippen molar-refractivity contribution in [3.63, 3.8) is 0 Å². The Labute approximate surface area is 235 Å². The Balaban J connectivity index is 1.45. The predicted octanol–water partition coefficient (Wildman–Crippen LogP) is 5.33. The maximum absolute atomic E-state index is 15.0. The summed E-state index contributed by atoms with van der Waals surface area (Å²) in [4.78, 5) is 32.0. The summed E-state index contributed by atoms with van der Waals surface area (Å²) in [5, 5.41) is 9.83. The van der Waals surface area contributed by atoms with E-state index in [2.05, 4.69) is 20.7 Å². The molecule has 2 atom stereocenters. The zero-order chi connectivity index (χ0) is 28.5. The first-order valence-corrected chi connectivity index (χ1v) is 13.5. The summed E-state index contributed by atoms with van der Waals surface area (Å²) in [6, 6.07) is 19.5. The van der Waals surface area contributed by atoms with E-state index in [1.165, 1.54) is 24.3 Å². The molecule has 0 saturated carbocycles. The highest BCUT2D eigenvalue weighted by Crippen LogP contribution is 2.35. The number of carbonyl (C=O) groups excluding carboxylic acids is 2. The summed E-state index contributed by atoms with van der Waals surface area (Å²) in [7, 11) is 0. The number of aromatic nitrogens is 2. The molecule has 208 valence electrons. The Kier molecular flexibility index (Phi) is 7.05. The summed E-state index contributed by atoms with van der Waals surface area (Å²) in [6.07, 6.45) is 0.664. The molecule has 10 heteroatoms. The highest BCUT2D eigenvalue weighted by atomic mass is 19.1. The number of fused-ring (bicyclic) bond motifs is 2. The molecule has 0 fully saturated rings. The van der Waals surface area contributed by atoms with Crippen molar-refractivity contribution in [1.29, 1.82) is 0 Å². The zero-order valence-electron chi connectivity index (χ0n) is 22.2. The topological polar surface area (TPSA) is 97.6 Å². The van der Waals surface area contributed by atoms with Crippen LogP contribution < -0.4 is 15.4 Å². The van der Waals surface area contributed by atoms with Crippen LogP contribution in [0.1, 0.15) is 47.7 Å². The average molecular weight is 556 g/mol. The first-order valence-electron chi connectivity index (χ1n) is 13.5. The molecule has 2 amide bonds. The number of halogens is 2. The molecule has 0 radical (unpaired) electrons. The average Bonchev–Trinajstić information content (AvgIpc) is 3.11. The second kappa shape index (κ2) is 11.0. The second-order valence-electron chi connectivity index (χ2n) is 9.89. The highest BCUT2D eigenvalue weighted by molar-refractivity contribution is 6.20. The minimum absolute atomic E-state index is 0.00709. The molecule has 4 aromatic rings. The minimum atomic E-state index is -1.43. The number of benzene rings is 3. The van der Waals surface area contributed by atoms with Crippen molar-refractivity contribution in [3.8, 4) is 17.1 Å². The van der Waals surface area contributed by atoms with Crippen LogP contribution in [0.15, 0.2) is 77.8 Å². The lowest BCUT2D eigenvalue weighted by molar-refractivity contribution is -0.117. The molecule has 1 aromatic heterocycles. The molecule has 8 nitrogen and oxygen atoms in total. The molecule has 0 spiro atoms. The van der Waals surface area contributed by atoms with Gasteiger partial charge in [0.25, 0.3) is 11.8 Å². The van der Waals surface area contributed by atoms with E-state index in [9.17, 15) is 18.4 Å². The maximum Gasteiger partial charge on any atom is 0.269 e. The number of hydrogen-bond acceptors (Lipinski definition) is 5. The molecule has 2 aliphatic heterocycles. The number of nitrogens with zero attached hydrogens (tertiary/aromatic N) is 3. The Morgan fingerprint density at radius 1 is 1.02 bits per heavy atom. The van der Waals surface area contributed by atoms with Gasteiger partial charge in [0.1, 0.15) is 29.0 Å². The van der Waals surface area contributed by atoms with Gasteiger partial charge >= 0.3 is 0 Å². The minimum Gasteiger partial charge on any atom is -0.474 e. The molecule has 2 N–H and O–H groups in total. The van der Waals surface area contributed by atoms with Gasteiger partial charge in [-0.05, 0) is 37.5 Å². The van der Waals surface area contributed by atoms with Gasteiger partial charge in [0, 0.05) is 23.2 Å². The molecule has 3 heterocycles. The second-order valence-corrected chi connectivity index (χ2v) is 9.89. The number of benzodiazepines with no additional fused rings is 1. The number of hydrogen-bond donors (Lipinski definition) is 2. The molecule has 0 saturated heterocycles. The fourth-order valence-corrected chi connectivity index (χ4v) is 5.15. The predicted molar refractivity (Wildman–Crippen MR) is 150 cm³/mol. The molecular formula is C31H27F2N5O3. The van der Waals surface area contributed by atoms with Gasteiger partial charge < -0.3 is 15.4 Å². The van der Waals surface area contributed by atoms with Crippen molar-refractivity contribution in [2.24, 2.45) is 4.99 Å². The molecule has 0 unspecified atom stereocenters. The van der Waals surface area contributed by atoms with Crippen molar-refractivity contribution in [2.45, 2.75) is 45.0 Å². The number of aliphatic imine (C=N–C) groups is 1. The van der Waals surface area contributed by atoms with E-state index in [-0.39, 0.29) is 34.5 Å². The summed E-state index contributed by atoms with van der Waals surface area (Å²) < 4.78 is 37.7. The van der Waals surface area contributed by atoms with Gasteiger partial charge in [-0.15, -0.1) is 0 Å². The van der Waals surface area contributed by atoms with Crippen LogP contribution >= 0.6 is 0 Å². The number of ether oxygens (including phenoxy) is 1. The van der Waals surface area contributed by atoms with E-state index in [0.29, 0.717) is 29.8 Å². The summed E-state index contributed by atoms with van der Waals surface area (Å²) >= 11 is 0. The number of para-hydroxylation sites is 1. The van der Waals surface area contributed by atoms with Gasteiger partial charge in [-0.1, -0.05) is 61.5 Å². The molecule has 2 aliphatic rings. The number of aryl methyl sites for hydroxylation is 1. The van der Waals surface area contributed by atoms with Crippen molar-refractivity contribution >= 4 is 23.2 Å². The third-order valence-corrected chi connectivity index (χ3v) is 7.23. The van der Waals surface area contributed by atoms with Gasteiger partial charge in [0.05, 0.1) is 11.4 Å². The fourth-order valence-electron chi connectivity index (χ4n) is 5.15. The molecule has 0 bridgehead atoms. The first-order chi connectivity index (χ1) is 19.9. The van der Waals surface area contributed by atoms with Crippen LogP contribution in [0.5, 0.6) is 5.88 Å². The molecular weight excluding hydrogens is 528 g/mol. The van der Waals surface area contributed by atoms with Gasteiger partial charge in [-0.25, -0.2) is 18.5 Å². The van der Waals surface area contributed by atoms with E-state index in [1.807, 2.05) is 13.0 Å². The Morgan fingerprint density at radius 3 is 2.54 bits per heavy atom. The van der Waals surface area contributed by atoms with E-state index >= 15 is 0 Å². The van der Waals surface area contributed by atoms with E-state index < -0.39 is 29.6 Å². The number of anilines is 1. The molecule has 41 heavy (non-hydrogen) atoms. The third-order valence-electron chi connectivity index (χ3n) is 7.23. The molecule has 6 rings (SSSR count). The molecule has 0 aliphatic carbocycles. The van der Waals surface area contributed by atoms with Crippen molar-refractivity contribution in [2.75, 3.05) is 5.32 Å². The Hall–Kier alpha value is -4.86. The van der Waals surface area contributed by atoms with Crippen molar-refractivity contribution in [3.05, 3.63) is 101 Å². The largest absolute Gasteiger partial charge is 0.474 e. The smallest absolute Gasteiger partial charge is 0.269 e. The Bertz CT molecular complexity index is 1670. The van der Waals surface area contributed by atoms with Crippen LogP contribution in [0.25, 0.3) is 11.3 Å². The fraction of sp³-hybridized carbons (Fsp3) is 0.226. The van der Waals surface area contributed by atoms with Gasteiger partial charge in [0.15, 0.2) is 0 Å². The number of amides is 2. The van der Waals surface area contributed by atoms with Gasteiger partial charge in [-0.3, -0.25) is 9.59 Å². The van der Waals surface area contributed by atoms with Crippen LogP contribution in [0.4, 0.5) is 14.5 Å². The van der Waals surface area contributed by atoms with Crippen LogP contribution in [0.3, 0.4) is 0 Å². The van der Waals surface area contributed by atoms with Gasteiger partial charge in [-0.2, -0.15) is 5.10 Å². The van der Waals surface area contributed by atoms with Crippen LogP contribution in [-0.4, -0.2) is 39.6 Å². The zero-order valence-corrected chi connectivity index (χ0v) is 22.2. The lowest BCUT2D eigenvalue weighted by atomic mass is 10.0. The number of rotatable bonds is 5. The summed E-state index contributed by atoms with van der Waals surface area (Å²) in [6.45, 7) is 2.47. The van der Waals surface area contributed by atoms with E-state index in [4.69, 9.17) is 4.74 Å². The highest BCUT2D eigenvalue weighted by Gasteiger charge is 2.34. The quantitative estimate of drug-likeness (QED) is 0.348. The van der Waals surface area contributed by atoms with Gasteiger partial charge in [0.2, 0.25) is 12.0 Å². The van der Waals surface area contributed by atoms with Crippen molar-refractivity contribution < 1.29 is 23.1 Å². The summed E-state index contributed by atoms with van der Waals surface area (Å²) in [5.41, 5.74) is 1.54.